The molecule has 7 heteroatoms. The van der Waals surface area contributed by atoms with Crippen LogP contribution < -0.4 is 4.74 Å². The van der Waals surface area contributed by atoms with Crippen molar-refractivity contribution in [1.29, 1.82) is 0 Å². The van der Waals surface area contributed by atoms with E-state index >= 15 is 0 Å². The average Bonchev–Trinajstić information content (AvgIpc) is 3.13. The molecule has 1 N–H and O–H groups in total. The number of ketones is 1. The first-order valence-electron chi connectivity index (χ1n) is 12.0. The number of aliphatic hydroxyl groups is 1. The van der Waals surface area contributed by atoms with Crippen molar-refractivity contribution in [1.82, 2.24) is 9.80 Å². The lowest BCUT2D eigenvalue weighted by molar-refractivity contribution is -0.140. The summed E-state index contributed by atoms with van der Waals surface area (Å²) < 4.78 is 11.2. The van der Waals surface area contributed by atoms with Crippen molar-refractivity contribution in [2.45, 2.75) is 25.8 Å². The van der Waals surface area contributed by atoms with Gasteiger partial charge in [0.15, 0.2) is 0 Å². The largest absolute Gasteiger partial charge is 0.507 e. The molecule has 0 aliphatic carbocycles. The van der Waals surface area contributed by atoms with E-state index in [2.05, 4.69) is 11.8 Å². The van der Waals surface area contributed by atoms with Gasteiger partial charge in [-0.05, 0) is 24.1 Å². The number of ether oxygens (including phenoxy) is 2. The summed E-state index contributed by atoms with van der Waals surface area (Å²) in [7, 11) is 0. The Morgan fingerprint density at radius 3 is 2.56 bits per heavy atom. The van der Waals surface area contributed by atoms with E-state index in [1.54, 1.807) is 23.1 Å². The number of likely N-dealkylation sites (tertiary alicyclic amines) is 1. The predicted octanol–water partition coefficient (Wildman–Crippen LogP) is 3.62. The van der Waals surface area contributed by atoms with Crippen molar-refractivity contribution in [3.8, 4) is 5.75 Å². The van der Waals surface area contributed by atoms with Crippen LogP contribution in [-0.4, -0.2) is 72.6 Å². The summed E-state index contributed by atoms with van der Waals surface area (Å²) in [5.41, 5.74) is 1.37. The van der Waals surface area contributed by atoms with Gasteiger partial charge in [0.1, 0.15) is 11.5 Å². The molecular formula is C27H32N2O5. The molecule has 2 aliphatic heterocycles. The van der Waals surface area contributed by atoms with Crippen molar-refractivity contribution < 1.29 is 24.2 Å². The van der Waals surface area contributed by atoms with Crippen molar-refractivity contribution in [2.75, 3.05) is 46.0 Å². The van der Waals surface area contributed by atoms with Crippen LogP contribution in [0.15, 0.2) is 60.2 Å². The van der Waals surface area contributed by atoms with Crippen LogP contribution in [0.1, 0.15) is 36.9 Å². The van der Waals surface area contributed by atoms with Gasteiger partial charge < -0.3 is 19.5 Å². The van der Waals surface area contributed by atoms with Crippen LogP contribution in [0.5, 0.6) is 5.75 Å². The van der Waals surface area contributed by atoms with Crippen LogP contribution in [0.4, 0.5) is 0 Å². The molecule has 7 nitrogen and oxygen atoms in total. The minimum Gasteiger partial charge on any atom is -0.507 e. The van der Waals surface area contributed by atoms with E-state index in [-0.39, 0.29) is 11.3 Å². The molecular weight excluding hydrogens is 432 g/mol. The minimum absolute atomic E-state index is 0.115. The fourth-order valence-corrected chi connectivity index (χ4v) is 4.39. The van der Waals surface area contributed by atoms with Crippen LogP contribution in [0, 0.1) is 0 Å². The molecule has 0 aromatic heterocycles. The fraction of sp³-hybridized carbons (Fsp3) is 0.407. The Hall–Kier alpha value is -3.16. The monoisotopic (exact) mass is 464 g/mol. The predicted molar refractivity (Wildman–Crippen MR) is 130 cm³/mol. The molecule has 0 bridgehead atoms. The minimum atomic E-state index is -0.661. The molecule has 2 aliphatic rings. The lowest BCUT2D eigenvalue weighted by Crippen LogP contribution is -2.42. The molecule has 4 rings (SSSR count). The number of hydrogen-bond donors (Lipinski definition) is 1. The van der Waals surface area contributed by atoms with Gasteiger partial charge in [0, 0.05) is 31.7 Å². The van der Waals surface area contributed by atoms with Gasteiger partial charge in [-0.3, -0.25) is 14.5 Å². The average molecular weight is 465 g/mol. The molecule has 0 radical (unpaired) electrons. The van der Waals surface area contributed by atoms with E-state index < -0.39 is 17.7 Å². The number of unbranched alkanes of at least 4 members (excludes halogenated alkanes) is 1. The van der Waals surface area contributed by atoms with Crippen LogP contribution in [0.25, 0.3) is 5.76 Å². The topological polar surface area (TPSA) is 79.3 Å². The van der Waals surface area contributed by atoms with Gasteiger partial charge in [-0.1, -0.05) is 55.8 Å². The highest BCUT2D eigenvalue weighted by Crippen LogP contribution is 2.39. The third-order valence-corrected chi connectivity index (χ3v) is 6.29. The smallest absolute Gasteiger partial charge is 0.295 e. The number of benzene rings is 2. The van der Waals surface area contributed by atoms with Crippen molar-refractivity contribution in [3.63, 3.8) is 0 Å². The summed E-state index contributed by atoms with van der Waals surface area (Å²) in [6.45, 7) is 6.62. The number of rotatable bonds is 9. The Balaban J connectivity index is 1.66. The summed E-state index contributed by atoms with van der Waals surface area (Å²) in [6, 6.07) is 15.8. The van der Waals surface area contributed by atoms with Crippen molar-refractivity contribution in [2.24, 2.45) is 0 Å². The molecule has 1 unspecified atom stereocenters. The standard InChI is InChI=1S/C27H32N2O5/c1-2-3-16-34-22-11-7-10-21(19-22)25(30)23-24(20-8-5-4-6-9-20)29(27(32)26(23)31)13-12-28-14-17-33-18-15-28/h4-11,19,24,30H,2-3,12-18H2,1H3. The molecule has 1 atom stereocenters. The van der Waals surface area contributed by atoms with Crippen LogP contribution in [0.2, 0.25) is 0 Å². The zero-order valence-corrected chi connectivity index (χ0v) is 19.6. The Kier molecular flexibility index (Phi) is 7.98. The summed E-state index contributed by atoms with van der Waals surface area (Å²) in [5, 5.41) is 11.3. The molecule has 0 saturated carbocycles. The number of carbonyl (C=O) groups is 2. The van der Waals surface area contributed by atoms with E-state index in [0.29, 0.717) is 44.2 Å². The highest BCUT2D eigenvalue weighted by molar-refractivity contribution is 6.46. The van der Waals surface area contributed by atoms with E-state index in [1.165, 1.54) is 0 Å². The number of aliphatic hydroxyl groups excluding tert-OH is 1. The van der Waals surface area contributed by atoms with Gasteiger partial charge in [0.05, 0.1) is 31.4 Å². The highest BCUT2D eigenvalue weighted by Gasteiger charge is 2.46. The maximum absolute atomic E-state index is 13.2. The highest BCUT2D eigenvalue weighted by atomic mass is 16.5. The van der Waals surface area contributed by atoms with E-state index in [9.17, 15) is 14.7 Å². The van der Waals surface area contributed by atoms with Crippen molar-refractivity contribution >= 4 is 17.4 Å². The van der Waals surface area contributed by atoms with E-state index in [1.807, 2.05) is 36.4 Å². The van der Waals surface area contributed by atoms with Crippen molar-refractivity contribution in [3.05, 3.63) is 71.3 Å². The van der Waals surface area contributed by atoms with Gasteiger partial charge in [0.2, 0.25) is 0 Å². The number of amides is 1. The second kappa shape index (κ2) is 11.3. The number of Topliss-reactive ketones (excluding diaryl/α,β-unsaturated/α-hetero) is 1. The van der Waals surface area contributed by atoms with E-state index in [0.717, 1.165) is 31.5 Å². The summed E-state index contributed by atoms with van der Waals surface area (Å²) in [5.74, 6) is -0.804. The van der Waals surface area contributed by atoms with Gasteiger partial charge in [0.25, 0.3) is 11.7 Å². The number of nitrogens with zero attached hydrogens (tertiary/aromatic N) is 2. The Labute approximate surface area is 200 Å². The normalized spacial score (nSPS) is 20.6. The third-order valence-electron chi connectivity index (χ3n) is 6.29. The lowest BCUT2D eigenvalue weighted by Gasteiger charge is -2.31. The summed E-state index contributed by atoms with van der Waals surface area (Å²) in [6.07, 6.45) is 1.95. The molecule has 0 spiro atoms. The summed E-state index contributed by atoms with van der Waals surface area (Å²) >= 11 is 0. The molecule has 1 amide bonds. The molecule has 2 aromatic carbocycles. The molecule has 2 heterocycles. The quantitative estimate of drug-likeness (QED) is 0.264. The first-order valence-corrected chi connectivity index (χ1v) is 12.0. The van der Waals surface area contributed by atoms with Gasteiger partial charge in [-0.15, -0.1) is 0 Å². The number of morpholine rings is 1. The molecule has 34 heavy (non-hydrogen) atoms. The van der Waals surface area contributed by atoms with Gasteiger partial charge >= 0.3 is 0 Å². The first kappa shape index (κ1) is 24.0. The Morgan fingerprint density at radius 1 is 1.06 bits per heavy atom. The van der Waals surface area contributed by atoms with E-state index in [4.69, 9.17) is 9.47 Å². The maximum Gasteiger partial charge on any atom is 0.295 e. The fourth-order valence-electron chi connectivity index (χ4n) is 4.39. The molecule has 2 fully saturated rings. The third kappa shape index (κ3) is 5.32. The van der Waals surface area contributed by atoms with Gasteiger partial charge in [-0.25, -0.2) is 0 Å². The second-order valence-electron chi connectivity index (χ2n) is 8.59. The Morgan fingerprint density at radius 2 is 1.82 bits per heavy atom. The summed E-state index contributed by atoms with van der Waals surface area (Å²) in [4.78, 5) is 30.1. The lowest BCUT2D eigenvalue weighted by atomic mass is 9.95. The number of carbonyl (C=O) groups excluding carboxylic acids is 2. The number of hydrogen-bond acceptors (Lipinski definition) is 6. The second-order valence-corrected chi connectivity index (χ2v) is 8.59. The SMILES string of the molecule is CCCCOc1cccc(C(O)=C2C(=O)C(=O)N(CCN3CCOCC3)C2c2ccccc2)c1. The van der Waals surface area contributed by atoms with Crippen LogP contribution >= 0.6 is 0 Å². The molecule has 2 aromatic rings. The zero-order valence-electron chi connectivity index (χ0n) is 19.6. The van der Waals surface area contributed by atoms with Crippen LogP contribution in [-0.2, 0) is 14.3 Å². The molecule has 180 valence electrons. The Bertz CT molecular complexity index is 1030. The van der Waals surface area contributed by atoms with Gasteiger partial charge in [-0.2, -0.15) is 0 Å². The maximum atomic E-state index is 13.2. The zero-order chi connectivity index (χ0) is 23.9. The molecule has 2 saturated heterocycles. The first-order chi connectivity index (χ1) is 16.6. The van der Waals surface area contributed by atoms with Crippen LogP contribution in [0.3, 0.4) is 0 Å².